The molecule has 1 aromatic carbocycles. The van der Waals surface area contributed by atoms with E-state index >= 15 is 0 Å². The molecule has 0 aromatic heterocycles. The molecule has 25 heavy (non-hydrogen) atoms. The minimum atomic E-state index is -0.119. The van der Waals surface area contributed by atoms with Crippen LogP contribution in [-0.4, -0.2) is 49.9 Å². The Morgan fingerprint density at radius 1 is 1.08 bits per heavy atom. The summed E-state index contributed by atoms with van der Waals surface area (Å²) in [5.41, 5.74) is 1.40. The molecule has 0 radical (unpaired) electrons. The molecule has 138 valence electrons. The Morgan fingerprint density at radius 2 is 1.72 bits per heavy atom. The fourth-order valence-corrected chi connectivity index (χ4v) is 3.04. The van der Waals surface area contributed by atoms with Crippen molar-refractivity contribution in [2.75, 3.05) is 43.9 Å². The molecule has 1 aliphatic heterocycles. The van der Waals surface area contributed by atoms with Crippen molar-refractivity contribution in [1.82, 2.24) is 10.2 Å². The largest absolute Gasteiger partial charge is 0.326 e. The van der Waals surface area contributed by atoms with Gasteiger partial charge in [-0.05, 0) is 51.2 Å². The third-order valence-corrected chi connectivity index (χ3v) is 4.44. The number of hydrogen-bond acceptors (Lipinski definition) is 4. The first kappa shape index (κ1) is 19.4. The number of rotatable bonds is 7. The van der Waals surface area contributed by atoms with Crippen molar-refractivity contribution >= 4 is 23.2 Å². The van der Waals surface area contributed by atoms with Crippen molar-refractivity contribution in [2.24, 2.45) is 5.92 Å². The van der Waals surface area contributed by atoms with E-state index in [-0.39, 0.29) is 17.7 Å². The molecule has 1 fully saturated rings. The van der Waals surface area contributed by atoms with Gasteiger partial charge in [-0.25, -0.2) is 0 Å². The topological polar surface area (TPSA) is 73.5 Å². The van der Waals surface area contributed by atoms with Gasteiger partial charge in [0.2, 0.25) is 11.8 Å². The van der Waals surface area contributed by atoms with Gasteiger partial charge in [-0.1, -0.05) is 25.8 Å². The smallest absolute Gasteiger partial charge is 0.238 e. The van der Waals surface area contributed by atoms with Crippen LogP contribution in [0.2, 0.25) is 0 Å². The molecular formula is C19H30N4O2. The van der Waals surface area contributed by atoms with Crippen LogP contribution >= 0.6 is 0 Å². The van der Waals surface area contributed by atoms with E-state index in [2.05, 4.69) is 20.9 Å². The number of benzene rings is 1. The first-order valence-corrected chi connectivity index (χ1v) is 9.16. The molecular weight excluding hydrogens is 316 g/mol. The summed E-state index contributed by atoms with van der Waals surface area (Å²) in [4.78, 5) is 26.6. The van der Waals surface area contributed by atoms with Crippen LogP contribution in [0.25, 0.3) is 0 Å². The lowest BCUT2D eigenvalue weighted by molar-refractivity contribution is -0.119. The molecule has 0 aliphatic carbocycles. The SMILES string of the molecule is CNCC(C)C(=O)Nc1cccc(NC(=O)CN2CCCCCC2)c1. The van der Waals surface area contributed by atoms with Crippen LogP contribution in [0.3, 0.4) is 0 Å². The van der Waals surface area contributed by atoms with E-state index in [1.165, 1.54) is 25.7 Å². The highest BCUT2D eigenvalue weighted by Crippen LogP contribution is 2.16. The van der Waals surface area contributed by atoms with Crippen molar-refractivity contribution in [3.63, 3.8) is 0 Å². The van der Waals surface area contributed by atoms with Crippen LogP contribution < -0.4 is 16.0 Å². The number of amides is 2. The summed E-state index contributed by atoms with van der Waals surface area (Å²) in [7, 11) is 1.82. The molecule has 6 heteroatoms. The van der Waals surface area contributed by atoms with Gasteiger partial charge in [0.05, 0.1) is 6.54 Å². The molecule has 1 unspecified atom stereocenters. The molecule has 1 atom stereocenters. The third kappa shape index (κ3) is 6.84. The zero-order valence-corrected chi connectivity index (χ0v) is 15.3. The number of anilines is 2. The van der Waals surface area contributed by atoms with Crippen LogP contribution in [0.4, 0.5) is 11.4 Å². The van der Waals surface area contributed by atoms with Crippen molar-refractivity contribution < 1.29 is 9.59 Å². The van der Waals surface area contributed by atoms with E-state index in [9.17, 15) is 9.59 Å². The molecule has 6 nitrogen and oxygen atoms in total. The standard InChI is InChI=1S/C19H30N4O2/c1-15(13-20-2)19(25)22-17-9-7-8-16(12-17)21-18(24)14-23-10-5-3-4-6-11-23/h7-9,12,15,20H,3-6,10-11,13-14H2,1-2H3,(H,21,24)(H,22,25). The number of likely N-dealkylation sites (tertiary alicyclic amines) is 1. The second-order valence-electron chi connectivity index (χ2n) is 6.77. The van der Waals surface area contributed by atoms with Gasteiger partial charge in [-0.15, -0.1) is 0 Å². The van der Waals surface area contributed by atoms with Gasteiger partial charge in [0.1, 0.15) is 0 Å². The van der Waals surface area contributed by atoms with Gasteiger partial charge < -0.3 is 16.0 Å². The van der Waals surface area contributed by atoms with Crippen molar-refractivity contribution in [1.29, 1.82) is 0 Å². The van der Waals surface area contributed by atoms with E-state index in [4.69, 9.17) is 0 Å². The van der Waals surface area contributed by atoms with Crippen molar-refractivity contribution in [3.05, 3.63) is 24.3 Å². The fourth-order valence-electron chi connectivity index (χ4n) is 3.04. The van der Waals surface area contributed by atoms with Crippen LogP contribution in [0.1, 0.15) is 32.6 Å². The van der Waals surface area contributed by atoms with Crippen molar-refractivity contribution in [2.45, 2.75) is 32.6 Å². The molecule has 0 bridgehead atoms. The summed E-state index contributed by atoms with van der Waals surface area (Å²) in [6.45, 7) is 4.91. The summed E-state index contributed by atoms with van der Waals surface area (Å²) in [5, 5.41) is 8.81. The Kier molecular flexibility index (Phi) is 7.88. The highest BCUT2D eigenvalue weighted by molar-refractivity contribution is 5.95. The van der Waals surface area contributed by atoms with E-state index in [1.807, 2.05) is 32.2 Å². The highest BCUT2D eigenvalue weighted by Gasteiger charge is 2.14. The predicted octanol–water partition coefficient (Wildman–Crippen LogP) is 2.30. The lowest BCUT2D eigenvalue weighted by Crippen LogP contribution is -2.33. The average molecular weight is 346 g/mol. The van der Waals surface area contributed by atoms with Gasteiger partial charge in [0.15, 0.2) is 0 Å². The third-order valence-electron chi connectivity index (χ3n) is 4.44. The van der Waals surface area contributed by atoms with E-state index in [1.54, 1.807) is 6.07 Å². The fraction of sp³-hybridized carbons (Fsp3) is 0.579. The zero-order valence-electron chi connectivity index (χ0n) is 15.3. The minimum absolute atomic E-state index is 0.00562. The summed E-state index contributed by atoms with van der Waals surface area (Å²) in [6, 6.07) is 7.30. The molecule has 1 saturated heterocycles. The van der Waals surface area contributed by atoms with Gasteiger partial charge in [0, 0.05) is 23.8 Å². The van der Waals surface area contributed by atoms with E-state index in [0.717, 1.165) is 13.1 Å². The van der Waals surface area contributed by atoms with E-state index in [0.29, 0.717) is 24.5 Å². The number of nitrogens with one attached hydrogen (secondary N) is 3. The van der Waals surface area contributed by atoms with Crippen LogP contribution in [0.5, 0.6) is 0 Å². The summed E-state index contributed by atoms with van der Waals surface area (Å²) >= 11 is 0. The van der Waals surface area contributed by atoms with Gasteiger partial charge >= 0.3 is 0 Å². The molecule has 1 aliphatic rings. The van der Waals surface area contributed by atoms with Gasteiger partial charge in [-0.3, -0.25) is 14.5 Å². The second kappa shape index (κ2) is 10.2. The highest BCUT2D eigenvalue weighted by atomic mass is 16.2. The Bertz CT molecular complexity index is 568. The number of nitrogens with zero attached hydrogens (tertiary/aromatic N) is 1. The summed E-state index contributed by atoms with van der Waals surface area (Å²) in [5.74, 6) is -0.164. The Balaban J connectivity index is 1.87. The zero-order chi connectivity index (χ0) is 18.1. The lowest BCUT2D eigenvalue weighted by atomic mass is 10.1. The monoisotopic (exact) mass is 346 g/mol. The number of hydrogen-bond donors (Lipinski definition) is 3. The molecule has 0 saturated carbocycles. The molecule has 0 spiro atoms. The average Bonchev–Trinajstić information content (AvgIpc) is 2.84. The van der Waals surface area contributed by atoms with Gasteiger partial charge in [0.25, 0.3) is 0 Å². The van der Waals surface area contributed by atoms with E-state index < -0.39 is 0 Å². The summed E-state index contributed by atoms with van der Waals surface area (Å²) in [6.07, 6.45) is 4.84. The van der Waals surface area contributed by atoms with Crippen molar-refractivity contribution in [3.8, 4) is 0 Å². The Hall–Kier alpha value is -1.92. The maximum atomic E-state index is 12.3. The minimum Gasteiger partial charge on any atom is -0.326 e. The van der Waals surface area contributed by atoms with Crippen LogP contribution in [-0.2, 0) is 9.59 Å². The first-order valence-electron chi connectivity index (χ1n) is 9.16. The summed E-state index contributed by atoms with van der Waals surface area (Å²) < 4.78 is 0. The molecule has 3 N–H and O–H groups in total. The first-order chi connectivity index (χ1) is 12.1. The van der Waals surface area contributed by atoms with Gasteiger partial charge in [-0.2, -0.15) is 0 Å². The molecule has 1 heterocycles. The molecule has 2 amide bonds. The normalized spacial score (nSPS) is 16.7. The van der Waals surface area contributed by atoms with Crippen LogP contribution in [0, 0.1) is 5.92 Å². The quantitative estimate of drug-likeness (QED) is 0.708. The molecule has 1 aromatic rings. The predicted molar refractivity (Wildman–Crippen MR) is 102 cm³/mol. The Morgan fingerprint density at radius 3 is 2.36 bits per heavy atom. The maximum absolute atomic E-state index is 12.3. The Labute approximate surface area is 150 Å². The van der Waals surface area contributed by atoms with Crippen LogP contribution in [0.15, 0.2) is 24.3 Å². The maximum Gasteiger partial charge on any atom is 0.238 e. The molecule has 2 rings (SSSR count). The number of carbonyl (C=O) groups excluding carboxylic acids is 2. The number of carbonyl (C=O) groups is 2. The lowest BCUT2D eigenvalue weighted by Gasteiger charge is -2.19. The second-order valence-corrected chi connectivity index (χ2v) is 6.77.